The number of fused-ring (bicyclic) bond motifs is 2. The highest BCUT2D eigenvalue weighted by atomic mass is 19.4. The predicted molar refractivity (Wildman–Crippen MR) is 141 cm³/mol. The third-order valence-corrected chi connectivity index (χ3v) is 7.68. The molecule has 9 nitrogen and oxygen atoms in total. The standard InChI is InChI=1S/C27H31F3N6O3/c1-2-31-21-13-22(34-25-23(21)19(14-32-25)27(28,29)30)33-20-4-3-18(17-6-10-39-24(17)20)26(37)36-7-5-16(15-36)35-8-11-38-12-9-35/h3-4,13-14,16H,2,5-12,15H2,1H3,(H3,31,32,33,34)/t16-/m1/s1. The normalized spacial score (nSPS) is 19.8. The topological polar surface area (TPSA) is 94.8 Å². The molecule has 12 heteroatoms. The molecular formula is C27H31F3N6O3. The lowest BCUT2D eigenvalue weighted by Crippen LogP contribution is -2.45. The number of alkyl halides is 3. The number of nitrogens with one attached hydrogen (secondary N) is 3. The van der Waals surface area contributed by atoms with Crippen molar-refractivity contribution in [3.63, 3.8) is 0 Å². The SMILES string of the molecule is CCNc1cc(Nc2ccc(C(=O)N3CC[C@@H](N4CCOCC4)C3)c3c2OCC3)nc2[nH]cc(C(F)(F)F)c12. The Labute approximate surface area is 223 Å². The monoisotopic (exact) mass is 544 g/mol. The summed E-state index contributed by atoms with van der Waals surface area (Å²) in [4.78, 5) is 24.9. The lowest BCUT2D eigenvalue weighted by atomic mass is 10.0. The number of morpholine rings is 1. The largest absolute Gasteiger partial charge is 0.491 e. The third-order valence-electron chi connectivity index (χ3n) is 7.68. The van der Waals surface area contributed by atoms with Gasteiger partial charge in [-0.05, 0) is 25.5 Å². The predicted octanol–water partition coefficient (Wildman–Crippen LogP) is 4.24. The highest BCUT2D eigenvalue weighted by molar-refractivity contribution is 5.98. The summed E-state index contributed by atoms with van der Waals surface area (Å²) < 4.78 is 52.1. The zero-order chi connectivity index (χ0) is 27.1. The minimum Gasteiger partial charge on any atom is -0.491 e. The van der Waals surface area contributed by atoms with Crippen LogP contribution in [0.25, 0.3) is 11.0 Å². The van der Waals surface area contributed by atoms with E-state index in [-0.39, 0.29) is 16.9 Å². The van der Waals surface area contributed by atoms with Crippen LogP contribution in [-0.4, -0.2) is 84.3 Å². The molecule has 1 amide bonds. The minimum absolute atomic E-state index is 0.000832. The van der Waals surface area contributed by atoms with Crippen LogP contribution in [0.3, 0.4) is 0 Å². The van der Waals surface area contributed by atoms with Gasteiger partial charge in [0, 0.05) is 74.3 Å². The van der Waals surface area contributed by atoms with E-state index >= 15 is 0 Å². The number of H-pyrrole nitrogens is 1. The molecule has 3 N–H and O–H groups in total. The molecule has 0 aliphatic carbocycles. The van der Waals surface area contributed by atoms with E-state index in [2.05, 4.69) is 25.5 Å². The second-order valence-electron chi connectivity index (χ2n) is 10.0. The summed E-state index contributed by atoms with van der Waals surface area (Å²) in [5, 5.41) is 6.22. The summed E-state index contributed by atoms with van der Waals surface area (Å²) in [5.41, 5.74) is 1.77. The first kappa shape index (κ1) is 25.8. The molecular weight excluding hydrogens is 513 g/mol. The zero-order valence-electron chi connectivity index (χ0n) is 21.7. The number of halogens is 3. The van der Waals surface area contributed by atoms with Crippen LogP contribution >= 0.6 is 0 Å². The summed E-state index contributed by atoms with van der Waals surface area (Å²) in [6.07, 6.45) is -2.02. The van der Waals surface area contributed by atoms with Crippen molar-refractivity contribution in [1.82, 2.24) is 19.8 Å². The first-order valence-electron chi connectivity index (χ1n) is 13.3. The number of hydrogen-bond acceptors (Lipinski definition) is 7. The highest BCUT2D eigenvalue weighted by Crippen LogP contribution is 2.41. The van der Waals surface area contributed by atoms with E-state index in [1.54, 1.807) is 18.2 Å². The molecule has 0 saturated carbocycles. The number of carbonyl (C=O) groups is 1. The third kappa shape index (κ3) is 4.87. The summed E-state index contributed by atoms with van der Waals surface area (Å²) in [6, 6.07) is 5.49. The first-order valence-corrected chi connectivity index (χ1v) is 13.3. The van der Waals surface area contributed by atoms with Gasteiger partial charge >= 0.3 is 6.18 Å². The maximum atomic E-state index is 13.6. The zero-order valence-corrected chi connectivity index (χ0v) is 21.7. The number of nitrogens with zero attached hydrogens (tertiary/aromatic N) is 3. The van der Waals surface area contributed by atoms with E-state index in [4.69, 9.17) is 9.47 Å². The Morgan fingerprint density at radius 1 is 1.18 bits per heavy atom. The number of ether oxygens (including phenoxy) is 2. The average molecular weight is 545 g/mol. The summed E-state index contributed by atoms with van der Waals surface area (Å²) in [5.74, 6) is 0.942. The van der Waals surface area contributed by atoms with Crippen molar-refractivity contribution in [2.24, 2.45) is 0 Å². The Bertz CT molecular complexity index is 1390. The average Bonchev–Trinajstić information content (AvgIpc) is 3.69. The molecule has 3 aliphatic rings. The number of rotatable bonds is 6. The number of hydrogen-bond donors (Lipinski definition) is 3. The van der Waals surface area contributed by atoms with Gasteiger partial charge in [-0.25, -0.2) is 4.98 Å². The van der Waals surface area contributed by atoms with Crippen LogP contribution in [0.2, 0.25) is 0 Å². The molecule has 2 aromatic heterocycles. The van der Waals surface area contributed by atoms with Crippen molar-refractivity contribution in [2.75, 3.05) is 63.2 Å². The van der Waals surface area contributed by atoms with Crippen LogP contribution in [0.15, 0.2) is 24.4 Å². The maximum Gasteiger partial charge on any atom is 0.418 e. The number of amides is 1. The Hall–Kier alpha value is -3.51. The van der Waals surface area contributed by atoms with Gasteiger partial charge in [-0.3, -0.25) is 9.69 Å². The Morgan fingerprint density at radius 2 is 2.00 bits per heavy atom. The second kappa shape index (κ2) is 10.2. The molecule has 1 aromatic carbocycles. The smallest absolute Gasteiger partial charge is 0.418 e. The van der Waals surface area contributed by atoms with Gasteiger partial charge in [0.15, 0.2) is 0 Å². The van der Waals surface area contributed by atoms with Gasteiger partial charge in [-0.2, -0.15) is 13.2 Å². The fourth-order valence-corrected chi connectivity index (χ4v) is 5.82. The van der Waals surface area contributed by atoms with Gasteiger partial charge in [-0.15, -0.1) is 0 Å². The fourth-order valence-electron chi connectivity index (χ4n) is 5.82. The van der Waals surface area contributed by atoms with E-state index in [9.17, 15) is 18.0 Å². The highest BCUT2D eigenvalue weighted by Gasteiger charge is 2.36. The molecule has 0 bridgehead atoms. The van der Waals surface area contributed by atoms with Gasteiger partial charge < -0.3 is 30.0 Å². The molecule has 0 spiro atoms. The quantitative estimate of drug-likeness (QED) is 0.428. The molecule has 0 unspecified atom stereocenters. The second-order valence-corrected chi connectivity index (χ2v) is 10.0. The molecule has 0 radical (unpaired) electrons. The van der Waals surface area contributed by atoms with Crippen molar-refractivity contribution < 1.29 is 27.4 Å². The van der Waals surface area contributed by atoms with Gasteiger partial charge in [0.05, 0.1) is 36.5 Å². The van der Waals surface area contributed by atoms with Crippen LogP contribution in [0.4, 0.5) is 30.4 Å². The van der Waals surface area contributed by atoms with Crippen LogP contribution in [0, 0.1) is 0 Å². The number of benzene rings is 1. The Kier molecular flexibility index (Phi) is 6.76. The molecule has 2 fully saturated rings. The minimum atomic E-state index is -4.51. The lowest BCUT2D eigenvalue weighted by molar-refractivity contribution is -0.136. The van der Waals surface area contributed by atoms with E-state index < -0.39 is 11.7 Å². The van der Waals surface area contributed by atoms with E-state index in [0.717, 1.165) is 44.5 Å². The fraction of sp³-hybridized carbons (Fsp3) is 0.481. The van der Waals surface area contributed by atoms with Crippen LogP contribution in [0.5, 0.6) is 5.75 Å². The summed E-state index contributed by atoms with van der Waals surface area (Å²) >= 11 is 0. The first-order chi connectivity index (χ1) is 18.8. The molecule has 5 heterocycles. The van der Waals surface area contributed by atoms with Crippen LogP contribution in [-0.2, 0) is 17.3 Å². The van der Waals surface area contributed by atoms with Gasteiger partial charge in [0.1, 0.15) is 17.2 Å². The molecule has 3 aliphatic heterocycles. The van der Waals surface area contributed by atoms with Gasteiger partial charge in [0.25, 0.3) is 5.91 Å². The van der Waals surface area contributed by atoms with Crippen molar-refractivity contribution >= 4 is 34.1 Å². The molecule has 208 valence electrons. The molecule has 39 heavy (non-hydrogen) atoms. The number of pyridine rings is 1. The molecule has 1 atom stereocenters. The van der Waals surface area contributed by atoms with Gasteiger partial charge in [-0.1, -0.05) is 0 Å². The molecule has 3 aromatic rings. The number of carbonyl (C=O) groups excluding carboxylic acids is 1. The number of anilines is 3. The van der Waals surface area contributed by atoms with Crippen molar-refractivity contribution in [3.05, 3.63) is 41.1 Å². The Morgan fingerprint density at radius 3 is 2.77 bits per heavy atom. The number of aromatic amines is 1. The summed E-state index contributed by atoms with van der Waals surface area (Å²) in [6.45, 7) is 7.37. The summed E-state index contributed by atoms with van der Waals surface area (Å²) in [7, 11) is 0. The van der Waals surface area contributed by atoms with E-state index in [1.165, 1.54) is 0 Å². The number of aromatic nitrogens is 2. The Balaban J connectivity index is 1.25. The van der Waals surface area contributed by atoms with Gasteiger partial charge in [0.2, 0.25) is 0 Å². The maximum absolute atomic E-state index is 13.6. The van der Waals surface area contributed by atoms with Crippen molar-refractivity contribution in [1.29, 1.82) is 0 Å². The molecule has 6 rings (SSSR count). The molecule has 2 saturated heterocycles. The lowest BCUT2D eigenvalue weighted by Gasteiger charge is -2.32. The van der Waals surface area contributed by atoms with Crippen LogP contribution in [0.1, 0.15) is 34.8 Å². The van der Waals surface area contributed by atoms with E-state index in [1.807, 2.05) is 11.8 Å². The van der Waals surface area contributed by atoms with E-state index in [0.29, 0.717) is 67.2 Å². The van der Waals surface area contributed by atoms with Crippen molar-refractivity contribution in [3.8, 4) is 5.75 Å². The number of likely N-dealkylation sites (tertiary alicyclic amines) is 1. The van der Waals surface area contributed by atoms with Crippen molar-refractivity contribution in [2.45, 2.75) is 32.0 Å². The van der Waals surface area contributed by atoms with Crippen LogP contribution < -0.4 is 15.4 Å².